The van der Waals surface area contributed by atoms with Crippen molar-refractivity contribution in [2.24, 2.45) is 5.92 Å². The molecule has 0 aliphatic heterocycles. The fourth-order valence-electron chi connectivity index (χ4n) is 3.65. The zero-order chi connectivity index (χ0) is 17.0. The van der Waals surface area contributed by atoms with Crippen molar-refractivity contribution < 1.29 is 0 Å². The van der Waals surface area contributed by atoms with Gasteiger partial charge in [0.05, 0.1) is 11.1 Å². The topological polar surface area (TPSA) is 23.9 Å². The molecule has 0 fully saturated rings. The molecule has 0 saturated carbocycles. The molecule has 24 heavy (non-hydrogen) atoms. The second-order valence-electron chi connectivity index (χ2n) is 6.44. The third-order valence-corrected chi connectivity index (χ3v) is 4.78. The second-order valence-corrected chi connectivity index (χ2v) is 6.44. The van der Waals surface area contributed by atoms with Gasteiger partial charge in [-0.25, -0.2) is 0 Å². The molecule has 0 unspecified atom stereocenters. The van der Waals surface area contributed by atoms with Gasteiger partial charge in [0, 0.05) is 0 Å². The molecule has 3 aromatic carbocycles. The summed E-state index contributed by atoms with van der Waals surface area (Å²) in [4.78, 5) is 0. The molecule has 3 rings (SSSR count). The zero-order valence-corrected chi connectivity index (χ0v) is 14.2. The van der Waals surface area contributed by atoms with E-state index in [1.54, 1.807) is 0 Å². The van der Waals surface area contributed by atoms with E-state index in [1.165, 1.54) is 11.1 Å². The summed E-state index contributed by atoms with van der Waals surface area (Å²) in [6.07, 6.45) is 0. The van der Waals surface area contributed by atoms with Crippen LogP contribution in [-0.2, 0) is 5.41 Å². The number of hydrogen-bond acceptors (Lipinski definition) is 1. The fraction of sp³-hybridized carbons (Fsp3) is 0.174. The summed E-state index contributed by atoms with van der Waals surface area (Å²) in [5.74, 6) is 0.245. The average Bonchev–Trinajstić information content (AvgIpc) is 2.64. The van der Waals surface area contributed by atoms with Crippen molar-refractivity contribution in [3.8, 4) is 0 Å². The summed E-state index contributed by atoms with van der Waals surface area (Å²) in [6.45, 7) is 4.41. The van der Waals surface area contributed by atoms with Crippen LogP contribution in [0.25, 0.3) is 0 Å². The molecule has 0 heterocycles. The van der Waals surface area contributed by atoms with Crippen LogP contribution >= 0.6 is 0 Å². The maximum Gasteiger partial charge on any atom is 0.0645 e. The lowest BCUT2D eigenvalue weighted by Crippen LogP contribution is -2.42. The normalized spacial score (nSPS) is 11.5. The van der Waals surface area contributed by atoms with E-state index in [9.17, 15) is 0 Å². The van der Waals surface area contributed by atoms with Gasteiger partial charge in [0.2, 0.25) is 0 Å². The Morgan fingerprint density at radius 2 is 1.04 bits per heavy atom. The third-order valence-electron chi connectivity index (χ3n) is 4.78. The molecular formula is C23H23N. The van der Waals surface area contributed by atoms with E-state index in [2.05, 4.69) is 62.4 Å². The van der Waals surface area contributed by atoms with Crippen LogP contribution in [0.1, 0.15) is 30.5 Å². The maximum absolute atomic E-state index is 9.14. The van der Waals surface area contributed by atoms with Crippen LogP contribution in [-0.4, -0.2) is 5.71 Å². The van der Waals surface area contributed by atoms with Crippen molar-refractivity contribution in [3.63, 3.8) is 0 Å². The van der Waals surface area contributed by atoms with Gasteiger partial charge in [-0.3, -0.25) is 0 Å². The van der Waals surface area contributed by atoms with Crippen LogP contribution in [0, 0.1) is 11.3 Å². The molecule has 0 radical (unpaired) electrons. The molecule has 0 aromatic heterocycles. The molecule has 0 amide bonds. The summed E-state index contributed by atoms with van der Waals surface area (Å²) in [5.41, 5.74) is 3.48. The summed E-state index contributed by atoms with van der Waals surface area (Å²) in [5, 5.41) is 9.14. The van der Waals surface area contributed by atoms with Crippen LogP contribution in [0.5, 0.6) is 0 Å². The van der Waals surface area contributed by atoms with Crippen molar-refractivity contribution >= 4 is 5.71 Å². The highest BCUT2D eigenvalue weighted by Crippen LogP contribution is 2.42. The largest absolute Gasteiger partial charge is 0.303 e. The first-order valence-electron chi connectivity index (χ1n) is 8.43. The number of rotatable bonds is 5. The molecule has 0 aliphatic rings. The van der Waals surface area contributed by atoms with E-state index in [1.807, 2.05) is 42.5 Å². The Hall–Kier alpha value is -2.67. The van der Waals surface area contributed by atoms with Gasteiger partial charge < -0.3 is 5.41 Å². The number of hydrogen-bond donors (Lipinski definition) is 1. The first-order valence-corrected chi connectivity index (χ1v) is 8.43. The Labute approximate surface area is 144 Å². The molecular weight excluding hydrogens is 290 g/mol. The molecule has 1 nitrogen and oxygen atoms in total. The molecule has 1 heteroatoms. The van der Waals surface area contributed by atoms with Gasteiger partial charge in [-0.05, 0) is 22.6 Å². The summed E-state index contributed by atoms with van der Waals surface area (Å²) in [6, 6.07) is 31.0. The van der Waals surface area contributed by atoms with Crippen molar-refractivity contribution in [3.05, 3.63) is 108 Å². The summed E-state index contributed by atoms with van der Waals surface area (Å²) >= 11 is 0. The minimum atomic E-state index is -0.468. The monoisotopic (exact) mass is 313 g/mol. The molecule has 3 aromatic rings. The molecule has 0 spiro atoms. The SMILES string of the molecule is CC(C)C(C(=N)c1ccccc1)(c1ccccc1)c1ccccc1. The zero-order valence-electron chi connectivity index (χ0n) is 14.2. The second kappa shape index (κ2) is 6.84. The van der Waals surface area contributed by atoms with Gasteiger partial charge in [0.1, 0.15) is 0 Å². The van der Waals surface area contributed by atoms with Gasteiger partial charge in [0.25, 0.3) is 0 Å². The molecule has 0 atom stereocenters. The Bertz CT molecular complexity index is 750. The van der Waals surface area contributed by atoms with Crippen LogP contribution < -0.4 is 0 Å². The van der Waals surface area contributed by atoms with Crippen molar-refractivity contribution in [1.29, 1.82) is 5.41 Å². The first kappa shape index (κ1) is 16.2. The molecule has 120 valence electrons. The van der Waals surface area contributed by atoms with Gasteiger partial charge in [-0.15, -0.1) is 0 Å². The van der Waals surface area contributed by atoms with E-state index in [0.717, 1.165) is 5.56 Å². The summed E-state index contributed by atoms with van der Waals surface area (Å²) < 4.78 is 0. The average molecular weight is 313 g/mol. The minimum Gasteiger partial charge on any atom is -0.303 e. The highest BCUT2D eigenvalue weighted by molar-refractivity contribution is 6.08. The minimum absolute atomic E-state index is 0.245. The highest BCUT2D eigenvalue weighted by Gasteiger charge is 2.42. The Morgan fingerprint density at radius 1 is 0.667 bits per heavy atom. The molecule has 1 N–H and O–H groups in total. The number of benzene rings is 3. The van der Waals surface area contributed by atoms with Gasteiger partial charge in [-0.2, -0.15) is 0 Å². The third kappa shape index (κ3) is 2.67. The lowest BCUT2D eigenvalue weighted by molar-refractivity contribution is 0.480. The van der Waals surface area contributed by atoms with Crippen LogP contribution in [0.15, 0.2) is 91.0 Å². The Morgan fingerprint density at radius 3 is 1.42 bits per heavy atom. The van der Waals surface area contributed by atoms with Gasteiger partial charge >= 0.3 is 0 Å². The highest BCUT2D eigenvalue weighted by atomic mass is 14.6. The molecule has 0 bridgehead atoms. The maximum atomic E-state index is 9.14. The van der Waals surface area contributed by atoms with E-state index in [4.69, 9.17) is 5.41 Å². The predicted molar refractivity (Wildman–Crippen MR) is 102 cm³/mol. The quantitative estimate of drug-likeness (QED) is 0.584. The Balaban J connectivity index is 2.30. The number of nitrogens with one attached hydrogen (secondary N) is 1. The van der Waals surface area contributed by atoms with Crippen molar-refractivity contribution in [2.45, 2.75) is 19.3 Å². The fourth-order valence-corrected chi connectivity index (χ4v) is 3.65. The van der Waals surface area contributed by atoms with Gasteiger partial charge in [-0.1, -0.05) is 105 Å². The van der Waals surface area contributed by atoms with Crippen LogP contribution in [0.2, 0.25) is 0 Å². The van der Waals surface area contributed by atoms with Crippen LogP contribution in [0.4, 0.5) is 0 Å². The molecule has 0 aliphatic carbocycles. The van der Waals surface area contributed by atoms with E-state index in [-0.39, 0.29) is 5.92 Å². The predicted octanol–water partition coefficient (Wildman–Crippen LogP) is 5.70. The lowest BCUT2D eigenvalue weighted by Gasteiger charge is -2.40. The van der Waals surface area contributed by atoms with Gasteiger partial charge in [0.15, 0.2) is 0 Å². The van der Waals surface area contributed by atoms with E-state index < -0.39 is 5.41 Å². The van der Waals surface area contributed by atoms with Crippen LogP contribution in [0.3, 0.4) is 0 Å². The lowest BCUT2D eigenvalue weighted by atomic mass is 9.62. The smallest absolute Gasteiger partial charge is 0.0645 e. The van der Waals surface area contributed by atoms with E-state index in [0.29, 0.717) is 5.71 Å². The summed E-state index contributed by atoms with van der Waals surface area (Å²) in [7, 11) is 0. The first-order chi connectivity index (χ1) is 11.7. The Kier molecular flexibility index (Phi) is 4.61. The van der Waals surface area contributed by atoms with Crippen molar-refractivity contribution in [2.75, 3.05) is 0 Å². The van der Waals surface area contributed by atoms with Crippen molar-refractivity contribution in [1.82, 2.24) is 0 Å². The standard InChI is InChI=1S/C23H23N/c1-18(2)23(20-14-8-4-9-15-20,21-16-10-5-11-17-21)22(24)19-12-6-3-7-13-19/h3-18,24H,1-2H3. The van der Waals surface area contributed by atoms with E-state index >= 15 is 0 Å². The molecule has 0 saturated heterocycles.